The van der Waals surface area contributed by atoms with E-state index in [1.807, 2.05) is 0 Å². The van der Waals surface area contributed by atoms with Crippen LogP contribution in [0.1, 0.15) is 18.4 Å². The molecular formula is C16H22FN3O3S. The largest absolute Gasteiger partial charge is 0.330 e. The molecule has 0 radical (unpaired) electrons. The second kappa shape index (κ2) is 5.70. The van der Waals surface area contributed by atoms with Crippen molar-refractivity contribution < 1.29 is 17.6 Å². The van der Waals surface area contributed by atoms with Gasteiger partial charge in [-0.15, -0.1) is 0 Å². The first-order valence-electron chi connectivity index (χ1n) is 7.88. The average Bonchev–Trinajstić information content (AvgIpc) is 2.80. The SMILES string of the molecule is CN(C)C(=O)N1CC2(CCN(S(C)(=O)=O)CC2)c2cc(F)ccc21. The number of halogens is 1. The van der Waals surface area contributed by atoms with E-state index in [1.165, 1.54) is 27.6 Å². The number of hydrogen-bond donors (Lipinski definition) is 0. The smallest absolute Gasteiger partial charge is 0.323 e. The number of fused-ring (bicyclic) bond motifs is 2. The molecule has 6 nitrogen and oxygen atoms in total. The second-order valence-corrected chi connectivity index (χ2v) is 8.85. The molecule has 24 heavy (non-hydrogen) atoms. The van der Waals surface area contributed by atoms with Gasteiger partial charge in [0.15, 0.2) is 0 Å². The molecule has 0 unspecified atom stereocenters. The van der Waals surface area contributed by atoms with Crippen LogP contribution in [0.5, 0.6) is 0 Å². The predicted molar refractivity (Wildman–Crippen MR) is 90.2 cm³/mol. The van der Waals surface area contributed by atoms with Gasteiger partial charge in [0.1, 0.15) is 5.82 Å². The Hall–Kier alpha value is -1.67. The monoisotopic (exact) mass is 355 g/mol. The molecule has 0 aromatic heterocycles. The van der Waals surface area contributed by atoms with Gasteiger partial charge < -0.3 is 4.90 Å². The van der Waals surface area contributed by atoms with Gasteiger partial charge in [-0.1, -0.05) is 0 Å². The van der Waals surface area contributed by atoms with Gasteiger partial charge in [-0.25, -0.2) is 21.9 Å². The van der Waals surface area contributed by atoms with Crippen molar-refractivity contribution in [1.29, 1.82) is 0 Å². The van der Waals surface area contributed by atoms with Crippen molar-refractivity contribution in [3.8, 4) is 0 Å². The van der Waals surface area contributed by atoms with Gasteiger partial charge in [-0.3, -0.25) is 4.90 Å². The first kappa shape index (κ1) is 17.2. The number of anilines is 1. The molecule has 0 bridgehead atoms. The summed E-state index contributed by atoms with van der Waals surface area (Å²) in [6.07, 6.45) is 2.36. The van der Waals surface area contributed by atoms with E-state index in [0.717, 1.165) is 11.3 Å². The summed E-state index contributed by atoms with van der Waals surface area (Å²) < 4.78 is 38.8. The molecule has 0 saturated carbocycles. The summed E-state index contributed by atoms with van der Waals surface area (Å²) >= 11 is 0. The van der Waals surface area contributed by atoms with Gasteiger partial charge >= 0.3 is 6.03 Å². The van der Waals surface area contributed by atoms with Crippen LogP contribution in [0.3, 0.4) is 0 Å². The maximum absolute atomic E-state index is 13.8. The number of sulfonamides is 1. The van der Waals surface area contributed by atoms with Gasteiger partial charge in [0.2, 0.25) is 10.0 Å². The Kier molecular flexibility index (Phi) is 4.08. The number of urea groups is 1. The van der Waals surface area contributed by atoms with Crippen molar-refractivity contribution in [2.24, 2.45) is 0 Å². The average molecular weight is 355 g/mol. The molecule has 3 rings (SSSR count). The van der Waals surface area contributed by atoms with Crippen LogP contribution in [0, 0.1) is 5.82 Å². The number of piperidine rings is 1. The second-order valence-electron chi connectivity index (χ2n) is 6.87. The maximum atomic E-state index is 13.8. The third-order valence-corrected chi connectivity index (χ3v) is 6.35. The fourth-order valence-electron chi connectivity index (χ4n) is 3.73. The Morgan fingerprint density at radius 3 is 2.42 bits per heavy atom. The summed E-state index contributed by atoms with van der Waals surface area (Å²) in [7, 11) is 0.136. The highest BCUT2D eigenvalue weighted by Gasteiger charge is 2.47. The number of carbonyl (C=O) groups excluding carboxylic acids is 1. The van der Waals surface area contributed by atoms with Crippen LogP contribution in [0.15, 0.2) is 18.2 Å². The molecule has 2 aliphatic heterocycles. The van der Waals surface area contributed by atoms with Gasteiger partial charge in [0.25, 0.3) is 0 Å². The number of amides is 2. The minimum Gasteiger partial charge on any atom is -0.330 e. The zero-order valence-electron chi connectivity index (χ0n) is 14.1. The van der Waals surface area contributed by atoms with E-state index in [4.69, 9.17) is 0 Å². The predicted octanol–water partition coefficient (Wildman–Crippen LogP) is 1.62. The van der Waals surface area contributed by atoms with E-state index < -0.39 is 10.0 Å². The summed E-state index contributed by atoms with van der Waals surface area (Å²) in [5.41, 5.74) is 1.15. The molecule has 0 aliphatic carbocycles. The number of rotatable bonds is 1. The standard InChI is InChI=1S/C16H22FN3O3S/c1-18(2)15(21)20-11-16(13-10-12(17)4-5-14(13)20)6-8-19(9-7-16)24(3,22)23/h4-5,10H,6-9,11H2,1-3H3. The summed E-state index contributed by atoms with van der Waals surface area (Å²) in [6, 6.07) is 4.35. The topological polar surface area (TPSA) is 60.9 Å². The lowest BCUT2D eigenvalue weighted by Gasteiger charge is -2.38. The highest BCUT2D eigenvalue weighted by molar-refractivity contribution is 7.88. The Morgan fingerprint density at radius 2 is 1.88 bits per heavy atom. The van der Waals surface area contributed by atoms with Crippen LogP contribution in [0.4, 0.5) is 14.9 Å². The number of carbonyl (C=O) groups is 1. The number of hydrogen-bond acceptors (Lipinski definition) is 3. The summed E-state index contributed by atoms with van der Waals surface area (Å²) in [4.78, 5) is 15.7. The molecule has 132 valence electrons. The molecule has 1 spiro atoms. The quantitative estimate of drug-likeness (QED) is 0.769. The van der Waals surface area contributed by atoms with Gasteiger partial charge in [0.05, 0.1) is 6.26 Å². The van der Waals surface area contributed by atoms with Crippen molar-refractivity contribution in [2.75, 3.05) is 44.9 Å². The number of nitrogens with zero attached hydrogens (tertiary/aromatic N) is 3. The number of benzene rings is 1. The molecule has 1 aromatic carbocycles. The summed E-state index contributed by atoms with van der Waals surface area (Å²) in [6.45, 7) is 1.23. The molecule has 2 aliphatic rings. The Balaban J connectivity index is 1.97. The van der Waals surface area contributed by atoms with Crippen LogP contribution in [-0.2, 0) is 15.4 Å². The van der Waals surface area contributed by atoms with Crippen molar-refractivity contribution in [2.45, 2.75) is 18.3 Å². The Labute approximate surface area is 141 Å². The van der Waals surface area contributed by atoms with Crippen molar-refractivity contribution in [3.05, 3.63) is 29.6 Å². The minimum absolute atomic E-state index is 0.148. The van der Waals surface area contributed by atoms with E-state index in [9.17, 15) is 17.6 Å². The van der Waals surface area contributed by atoms with Crippen LogP contribution in [-0.4, -0.2) is 63.6 Å². The molecule has 2 amide bonds. The molecule has 0 N–H and O–H groups in total. The van der Waals surface area contributed by atoms with E-state index in [0.29, 0.717) is 32.5 Å². The molecule has 8 heteroatoms. The lowest BCUT2D eigenvalue weighted by Crippen LogP contribution is -2.48. The fourth-order valence-corrected chi connectivity index (χ4v) is 4.57. The summed E-state index contributed by atoms with van der Waals surface area (Å²) in [5, 5.41) is 0. The van der Waals surface area contributed by atoms with E-state index in [-0.39, 0.29) is 17.3 Å². The molecule has 0 atom stereocenters. The van der Waals surface area contributed by atoms with E-state index >= 15 is 0 Å². The van der Waals surface area contributed by atoms with Crippen LogP contribution in [0.2, 0.25) is 0 Å². The fraction of sp³-hybridized carbons (Fsp3) is 0.562. The van der Waals surface area contributed by atoms with Gasteiger partial charge in [0, 0.05) is 44.8 Å². The van der Waals surface area contributed by atoms with Crippen molar-refractivity contribution in [1.82, 2.24) is 9.21 Å². The first-order chi connectivity index (χ1) is 11.1. The van der Waals surface area contributed by atoms with Crippen LogP contribution < -0.4 is 4.90 Å². The van der Waals surface area contributed by atoms with Gasteiger partial charge in [-0.2, -0.15) is 0 Å². The Morgan fingerprint density at radius 1 is 1.25 bits per heavy atom. The third kappa shape index (κ3) is 2.77. The molecule has 2 heterocycles. The third-order valence-electron chi connectivity index (χ3n) is 5.04. The van der Waals surface area contributed by atoms with Crippen LogP contribution in [0.25, 0.3) is 0 Å². The Bertz CT molecular complexity index is 771. The zero-order chi connectivity index (χ0) is 17.7. The highest BCUT2D eigenvalue weighted by Crippen LogP contribution is 2.47. The minimum atomic E-state index is -3.23. The molecule has 1 fully saturated rings. The van der Waals surface area contributed by atoms with E-state index in [1.54, 1.807) is 25.1 Å². The van der Waals surface area contributed by atoms with Gasteiger partial charge in [-0.05, 0) is 36.6 Å². The zero-order valence-corrected chi connectivity index (χ0v) is 14.9. The van der Waals surface area contributed by atoms with Crippen LogP contribution >= 0.6 is 0 Å². The highest BCUT2D eigenvalue weighted by atomic mass is 32.2. The lowest BCUT2D eigenvalue weighted by molar-refractivity contribution is 0.216. The normalized spacial score (nSPS) is 20.2. The first-order valence-corrected chi connectivity index (χ1v) is 9.73. The lowest BCUT2D eigenvalue weighted by atomic mass is 9.75. The maximum Gasteiger partial charge on any atom is 0.323 e. The summed E-state index contributed by atoms with van der Waals surface area (Å²) in [5.74, 6) is -0.335. The molecule has 1 aromatic rings. The van der Waals surface area contributed by atoms with Crippen molar-refractivity contribution in [3.63, 3.8) is 0 Å². The molecule has 1 saturated heterocycles. The molecular weight excluding hydrogens is 333 g/mol. The van der Waals surface area contributed by atoms with Crippen molar-refractivity contribution >= 4 is 21.7 Å². The van der Waals surface area contributed by atoms with E-state index in [2.05, 4.69) is 0 Å².